The molecule has 1 aliphatic carbocycles. The molecule has 9 aromatic carbocycles. The first kappa shape index (κ1) is 32.5. The molecule has 3 heteroatoms. The van der Waals surface area contributed by atoms with E-state index in [0.29, 0.717) is 11.2 Å². The van der Waals surface area contributed by atoms with Crippen LogP contribution in [0.15, 0.2) is 186 Å². The van der Waals surface area contributed by atoms with Gasteiger partial charge in [0.25, 0.3) is 0 Å². The van der Waals surface area contributed by atoms with Gasteiger partial charge in [-0.3, -0.25) is 0 Å². The second kappa shape index (κ2) is 12.3. The molecule has 0 bridgehead atoms. The Morgan fingerprint density at radius 3 is 1.84 bits per heavy atom. The van der Waals surface area contributed by atoms with Crippen molar-refractivity contribution in [2.24, 2.45) is 0 Å². The van der Waals surface area contributed by atoms with E-state index >= 15 is 0 Å². The van der Waals surface area contributed by atoms with E-state index < -0.39 is 0 Å². The van der Waals surface area contributed by atoms with Gasteiger partial charge < -0.3 is 9.32 Å². The van der Waals surface area contributed by atoms with E-state index in [2.05, 4.69) is 176 Å². The summed E-state index contributed by atoms with van der Waals surface area (Å²) >= 11 is 0. The van der Waals surface area contributed by atoms with Crippen molar-refractivity contribution in [2.45, 2.75) is 19.3 Å². The van der Waals surface area contributed by atoms with Gasteiger partial charge in [-0.15, -0.1) is 0 Å². The van der Waals surface area contributed by atoms with E-state index in [1.165, 1.54) is 50.2 Å². The van der Waals surface area contributed by atoms with Crippen LogP contribution in [-0.4, -0.2) is 0 Å². The van der Waals surface area contributed by atoms with Crippen LogP contribution < -0.4 is 4.90 Å². The molecule has 0 spiro atoms. The topological polar surface area (TPSA) is 16.4 Å². The number of rotatable bonds is 5. The molecule has 0 amide bonds. The summed E-state index contributed by atoms with van der Waals surface area (Å²) in [7, 11) is 0. The first-order valence-electron chi connectivity index (χ1n) is 19.2. The van der Waals surface area contributed by atoms with Crippen LogP contribution in [-0.2, 0) is 5.41 Å². The van der Waals surface area contributed by atoms with Gasteiger partial charge in [0.15, 0.2) is 11.4 Å². The zero-order chi connectivity index (χ0) is 37.5. The van der Waals surface area contributed by atoms with Crippen LogP contribution in [0.5, 0.6) is 0 Å². The number of nitrogens with zero attached hydrogens (tertiary/aromatic N) is 1. The molecule has 0 aliphatic heterocycles. The van der Waals surface area contributed by atoms with E-state index in [1.54, 1.807) is 6.07 Å². The van der Waals surface area contributed by atoms with Crippen LogP contribution in [0, 0.1) is 5.82 Å². The highest BCUT2D eigenvalue weighted by Gasteiger charge is 2.35. The summed E-state index contributed by atoms with van der Waals surface area (Å²) in [6.45, 7) is 4.66. The molecule has 2 nitrogen and oxygen atoms in total. The Kier molecular flexibility index (Phi) is 7.11. The molecule has 0 unspecified atom stereocenters. The fourth-order valence-corrected chi connectivity index (χ4v) is 9.21. The molecule has 11 rings (SSSR count). The Balaban J connectivity index is 1.06. The minimum atomic E-state index is -0.349. The fourth-order valence-electron chi connectivity index (χ4n) is 9.21. The maximum Gasteiger partial charge on any atom is 0.171 e. The number of para-hydroxylation sites is 1. The Labute approximate surface area is 324 Å². The Morgan fingerprint density at radius 2 is 1.04 bits per heavy atom. The normalized spacial score (nSPS) is 13.1. The molecule has 1 heterocycles. The van der Waals surface area contributed by atoms with Gasteiger partial charge in [0.2, 0.25) is 0 Å². The lowest BCUT2D eigenvalue weighted by Gasteiger charge is -2.28. The van der Waals surface area contributed by atoms with Gasteiger partial charge in [0, 0.05) is 38.6 Å². The van der Waals surface area contributed by atoms with Crippen molar-refractivity contribution in [1.82, 2.24) is 0 Å². The molecule has 0 fully saturated rings. The zero-order valence-electron chi connectivity index (χ0n) is 31.1. The highest BCUT2D eigenvalue weighted by Crippen LogP contribution is 2.51. The highest BCUT2D eigenvalue weighted by molar-refractivity contribution is 6.23. The van der Waals surface area contributed by atoms with Crippen LogP contribution in [0.3, 0.4) is 0 Å². The first-order chi connectivity index (χ1) is 27.4. The number of anilines is 3. The van der Waals surface area contributed by atoms with E-state index in [9.17, 15) is 4.39 Å². The lowest BCUT2D eigenvalue weighted by atomic mass is 9.82. The molecule has 1 aliphatic rings. The standard InChI is InChI=1S/C53H36FNO/c1-53(2)46-18-6-5-14-43(46)44-30-29-39(32-47(44)53)55(37-25-20-34(21-26-37)41-15-7-11-33-10-3-4-13-40(33)41)38-27-22-35(23-28-38)42-16-8-12-36-24-31-49-51(50(36)42)45-17-9-19-48(54)52(45)56-49/h3-32H,1-2H3. The van der Waals surface area contributed by atoms with E-state index in [0.717, 1.165) is 49.7 Å². The van der Waals surface area contributed by atoms with E-state index in [4.69, 9.17) is 4.42 Å². The smallest absolute Gasteiger partial charge is 0.171 e. The molecule has 0 atom stereocenters. The third-order valence-electron chi connectivity index (χ3n) is 11.9. The van der Waals surface area contributed by atoms with Crippen molar-refractivity contribution in [3.63, 3.8) is 0 Å². The van der Waals surface area contributed by atoms with Crippen LogP contribution in [0.2, 0.25) is 0 Å². The van der Waals surface area contributed by atoms with Crippen molar-refractivity contribution in [3.8, 4) is 33.4 Å². The third-order valence-corrected chi connectivity index (χ3v) is 11.9. The van der Waals surface area contributed by atoms with Crippen LogP contribution >= 0.6 is 0 Å². The summed E-state index contributed by atoms with van der Waals surface area (Å²) in [5, 5.41) is 6.34. The minimum absolute atomic E-state index is 0.129. The predicted octanol–water partition coefficient (Wildman–Crippen LogP) is 15.1. The zero-order valence-corrected chi connectivity index (χ0v) is 31.1. The van der Waals surface area contributed by atoms with Gasteiger partial charge in [0.1, 0.15) is 5.58 Å². The summed E-state index contributed by atoms with van der Waals surface area (Å²) in [6.07, 6.45) is 0. The SMILES string of the molecule is CC1(C)c2ccccc2-c2ccc(N(c3ccc(-c4cccc5ccccc45)cc3)c3ccc(-c4cccc5ccc6oc7c(F)cccc7c6c45)cc3)cc21. The van der Waals surface area contributed by atoms with E-state index in [-0.39, 0.29) is 11.2 Å². The highest BCUT2D eigenvalue weighted by atomic mass is 19.1. The number of hydrogen-bond acceptors (Lipinski definition) is 2. The van der Waals surface area contributed by atoms with Gasteiger partial charge in [-0.25, -0.2) is 4.39 Å². The number of hydrogen-bond donors (Lipinski definition) is 0. The lowest BCUT2D eigenvalue weighted by Crippen LogP contribution is -2.16. The van der Waals surface area contributed by atoms with Gasteiger partial charge in [-0.2, -0.15) is 0 Å². The molecule has 10 aromatic rings. The quantitative estimate of drug-likeness (QED) is 0.176. The summed E-state index contributed by atoms with van der Waals surface area (Å²) in [5.74, 6) is -0.349. The minimum Gasteiger partial charge on any atom is -0.453 e. The molecule has 0 N–H and O–H groups in total. The van der Waals surface area contributed by atoms with Gasteiger partial charge >= 0.3 is 0 Å². The van der Waals surface area contributed by atoms with Crippen molar-refractivity contribution in [3.05, 3.63) is 199 Å². The maximum absolute atomic E-state index is 14.9. The number of halogens is 1. The van der Waals surface area contributed by atoms with Crippen LogP contribution in [0.1, 0.15) is 25.0 Å². The predicted molar refractivity (Wildman–Crippen MR) is 232 cm³/mol. The molecular weight excluding hydrogens is 686 g/mol. The Hall–Kier alpha value is -6.97. The second-order valence-corrected chi connectivity index (χ2v) is 15.4. The van der Waals surface area contributed by atoms with Crippen molar-refractivity contribution >= 4 is 60.5 Å². The Morgan fingerprint density at radius 1 is 0.446 bits per heavy atom. The monoisotopic (exact) mass is 721 g/mol. The summed E-state index contributed by atoms with van der Waals surface area (Å²) < 4.78 is 21.0. The molecule has 1 aromatic heterocycles. The average molecular weight is 722 g/mol. The van der Waals surface area contributed by atoms with Crippen LogP contribution in [0.25, 0.3) is 76.9 Å². The molecule has 0 radical (unpaired) electrons. The average Bonchev–Trinajstić information content (AvgIpc) is 3.74. The number of fused-ring (bicyclic) bond motifs is 9. The molecular formula is C53H36FNO. The van der Waals surface area contributed by atoms with Gasteiger partial charge in [-0.1, -0.05) is 147 Å². The lowest BCUT2D eigenvalue weighted by molar-refractivity contribution is 0.584. The molecule has 56 heavy (non-hydrogen) atoms. The Bertz CT molecular complexity index is 3170. The maximum atomic E-state index is 14.9. The summed E-state index contributed by atoms with van der Waals surface area (Å²) in [6, 6.07) is 64.1. The van der Waals surface area contributed by atoms with Gasteiger partial charge in [0.05, 0.1) is 0 Å². The summed E-state index contributed by atoms with van der Waals surface area (Å²) in [5.41, 5.74) is 13.9. The second-order valence-electron chi connectivity index (χ2n) is 15.4. The van der Waals surface area contributed by atoms with Crippen molar-refractivity contribution in [1.29, 1.82) is 0 Å². The van der Waals surface area contributed by atoms with Crippen molar-refractivity contribution in [2.75, 3.05) is 4.90 Å². The first-order valence-corrected chi connectivity index (χ1v) is 19.2. The van der Waals surface area contributed by atoms with Gasteiger partial charge in [-0.05, 0) is 109 Å². The van der Waals surface area contributed by atoms with E-state index in [1.807, 2.05) is 12.1 Å². The fraction of sp³-hybridized carbons (Fsp3) is 0.0566. The third kappa shape index (κ3) is 4.87. The number of furan rings is 1. The number of benzene rings is 9. The molecule has 266 valence electrons. The molecule has 0 saturated carbocycles. The summed E-state index contributed by atoms with van der Waals surface area (Å²) in [4.78, 5) is 2.36. The largest absolute Gasteiger partial charge is 0.453 e. The van der Waals surface area contributed by atoms with Crippen molar-refractivity contribution < 1.29 is 8.81 Å². The molecule has 0 saturated heterocycles. The van der Waals surface area contributed by atoms with Crippen LogP contribution in [0.4, 0.5) is 21.5 Å².